The number of rotatable bonds is 5. The van der Waals surface area contributed by atoms with E-state index in [-0.39, 0.29) is 0 Å². The van der Waals surface area contributed by atoms with Crippen LogP contribution in [0.5, 0.6) is 0 Å². The Hall–Kier alpha value is -1.40. The third-order valence-corrected chi connectivity index (χ3v) is 4.91. The predicted octanol–water partition coefficient (Wildman–Crippen LogP) is 2.79. The lowest BCUT2D eigenvalue weighted by molar-refractivity contribution is 0.194. The minimum Gasteiger partial charge on any atom is -0.306 e. The Morgan fingerprint density at radius 1 is 1.36 bits per heavy atom. The van der Waals surface area contributed by atoms with E-state index in [1.165, 1.54) is 18.4 Å². The average molecular weight is 317 g/mol. The summed E-state index contributed by atoms with van der Waals surface area (Å²) < 4.78 is 2.27. The second-order valence-corrected chi connectivity index (χ2v) is 6.50. The summed E-state index contributed by atoms with van der Waals surface area (Å²) in [5.74, 6) is 1.64. The van der Waals surface area contributed by atoms with Crippen LogP contribution in [-0.4, -0.2) is 44.0 Å². The van der Waals surface area contributed by atoms with Gasteiger partial charge >= 0.3 is 0 Å². The Morgan fingerprint density at radius 2 is 2.27 bits per heavy atom. The highest BCUT2D eigenvalue weighted by Gasteiger charge is 2.26. The molecule has 1 saturated heterocycles. The fraction of sp³-hybridized carbons (Fsp3) is 0.562. The Morgan fingerprint density at radius 3 is 3.00 bits per heavy atom. The van der Waals surface area contributed by atoms with E-state index in [1.807, 2.05) is 18.5 Å². The fourth-order valence-corrected chi connectivity index (χ4v) is 3.78. The number of hydrogen-bond acceptors (Lipinski definition) is 5. The normalized spacial score (nSPS) is 19.5. The Kier molecular flexibility index (Phi) is 5.10. The smallest absolute Gasteiger partial charge is 0.190 e. The van der Waals surface area contributed by atoms with Crippen LogP contribution in [0.4, 0.5) is 0 Å². The highest BCUT2D eigenvalue weighted by molar-refractivity contribution is 7.98. The summed E-state index contributed by atoms with van der Waals surface area (Å²) in [5.41, 5.74) is 1.28. The van der Waals surface area contributed by atoms with Crippen molar-refractivity contribution in [3.63, 3.8) is 0 Å². The van der Waals surface area contributed by atoms with E-state index in [9.17, 15) is 0 Å². The molecule has 0 saturated carbocycles. The molecule has 1 aliphatic heterocycles. The summed E-state index contributed by atoms with van der Waals surface area (Å²) in [6.07, 6.45) is 8.28. The second kappa shape index (κ2) is 7.24. The molecule has 0 radical (unpaired) electrons. The highest BCUT2D eigenvalue weighted by Crippen LogP contribution is 2.28. The number of piperidine rings is 1. The second-order valence-electron chi connectivity index (χ2n) is 5.72. The van der Waals surface area contributed by atoms with Gasteiger partial charge in [0.05, 0.1) is 0 Å². The zero-order valence-corrected chi connectivity index (χ0v) is 14.1. The van der Waals surface area contributed by atoms with Crippen molar-refractivity contribution >= 4 is 11.8 Å². The van der Waals surface area contributed by atoms with Gasteiger partial charge in [-0.1, -0.05) is 17.8 Å². The minimum absolute atomic E-state index is 0.485. The predicted molar refractivity (Wildman–Crippen MR) is 89.0 cm³/mol. The molecule has 5 nitrogen and oxygen atoms in total. The zero-order chi connectivity index (χ0) is 15.4. The molecule has 3 heterocycles. The molecule has 0 spiro atoms. The first-order valence-corrected chi connectivity index (χ1v) is 9.12. The van der Waals surface area contributed by atoms with Crippen LogP contribution in [-0.2, 0) is 13.1 Å². The molecule has 2 aromatic rings. The summed E-state index contributed by atoms with van der Waals surface area (Å²) >= 11 is 1.68. The number of thioether (sulfide) groups is 1. The molecule has 22 heavy (non-hydrogen) atoms. The lowest BCUT2D eigenvalue weighted by atomic mass is 9.96. The SMILES string of the molecule is CCn1c(SC)nnc1C1CCCN(Cc2cccnc2)C1. The van der Waals surface area contributed by atoms with Crippen LogP contribution in [0, 0.1) is 0 Å². The van der Waals surface area contributed by atoms with Crippen LogP contribution >= 0.6 is 11.8 Å². The number of nitrogens with zero attached hydrogens (tertiary/aromatic N) is 5. The summed E-state index contributed by atoms with van der Waals surface area (Å²) in [4.78, 5) is 6.73. The van der Waals surface area contributed by atoms with E-state index >= 15 is 0 Å². The van der Waals surface area contributed by atoms with Crippen molar-refractivity contribution < 1.29 is 0 Å². The maximum Gasteiger partial charge on any atom is 0.190 e. The van der Waals surface area contributed by atoms with Crippen LogP contribution in [0.1, 0.15) is 37.1 Å². The molecule has 0 aromatic carbocycles. The largest absolute Gasteiger partial charge is 0.306 e. The number of aromatic nitrogens is 4. The van der Waals surface area contributed by atoms with E-state index in [2.05, 4.69) is 43.9 Å². The molecule has 6 heteroatoms. The van der Waals surface area contributed by atoms with Crippen molar-refractivity contribution in [1.82, 2.24) is 24.6 Å². The number of likely N-dealkylation sites (tertiary alicyclic amines) is 1. The van der Waals surface area contributed by atoms with E-state index < -0.39 is 0 Å². The van der Waals surface area contributed by atoms with Gasteiger partial charge in [-0.3, -0.25) is 9.88 Å². The molecule has 3 rings (SSSR count). The van der Waals surface area contributed by atoms with Crippen LogP contribution in [0.2, 0.25) is 0 Å². The van der Waals surface area contributed by atoms with Gasteiger partial charge < -0.3 is 4.57 Å². The summed E-state index contributed by atoms with van der Waals surface area (Å²) in [5, 5.41) is 9.84. The van der Waals surface area contributed by atoms with Gasteiger partial charge in [0.2, 0.25) is 0 Å². The zero-order valence-electron chi connectivity index (χ0n) is 13.3. The van der Waals surface area contributed by atoms with Crippen molar-refractivity contribution in [1.29, 1.82) is 0 Å². The maximum absolute atomic E-state index is 4.48. The maximum atomic E-state index is 4.48. The molecule has 1 atom stereocenters. The lowest BCUT2D eigenvalue weighted by Gasteiger charge is -2.32. The summed E-state index contributed by atoms with van der Waals surface area (Å²) in [6, 6.07) is 4.16. The molecule has 0 aliphatic carbocycles. The molecule has 0 bridgehead atoms. The molecule has 0 N–H and O–H groups in total. The summed E-state index contributed by atoms with van der Waals surface area (Å²) in [7, 11) is 0. The van der Waals surface area contributed by atoms with Crippen LogP contribution in [0.25, 0.3) is 0 Å². The van der Waals surface area contributed by atoms with Crippen LogP contribution in [0.15, 0.2) is 29.7 Å². The number of pyridine rings is 1. The van der Waals surface area contributed by atoms with Gasteiger partial charge in [0.15, 0.2) is 5.16 Å². The first kappa shape index (κ1) is 15.5. The van der Waals surface area contributed by atoms with Crippen molar-refractivity contribution in [2.24, 2.45) is 0 Å². The molecule has 0 amide bonds. The highest BCUT2D eigenvalue weighted by atomic mass is 32.2. The fourth-order valence-electron chi connectivity index (χ4n) is 3.21. The van der Waals surface area contributed by atoms with Gasteiger partial charge in [-0.05, 0) is 44.2 Å². The first-order chi connectivity index (χ1) is 10.8. The minimum atomic E-state index is 0.485. The molecule has 1 fully saturated rings. The van der Waals surface area contributed by atoms with Crippen LogP contribution < -0.4 is 0 Å². The molecule has 118 valence electrons. The Labute approximate surface area is 136 Å². The van der Waals surface area contributed by atoms with E-state index in [0.717, 1.165) is 37.2 Å². The van der Waals surface area contributed by atoms with E-state index in [1.54, 1.807) is 11.8 Å². The average Bonchev–Trinajstić information content (AvgIpc) is 2.99. The van der Waals surface area contributed by atoms with Gasteiger partial charge in [0.1, 0.15) is 5.82 Å². The monoisotopic (exact) mass is 317 g/mol. The van der Waals surface area contributed by atoms with Gasteiger partial charge in [-0.2, -0.15) is 0 Å². The third kappa shape index (κ3) is 3.33. The van der Waals surface area contributed by atoms with Crippen molar-refractivity contribution in [2.75, 3.05) is 19.3 Å². The quantitative estimate of drug-likeness (QED) is 0.794. The van der Waals surface area contributed by atoms with Crippen molar-refractivity contribution in [3.05, 3.63) is 35.9 Å². The standard InChI is InChI=1S/C16H23N5S/c1-3-21-15(18-19-16(21)22-2)14-7-5-9-20(12-14)11-13-6-4-8-17-10-13/h4,6,8,10,14H,3,5,7,9,11-12H2,1-2H3. The van der Waals surface area contributed by atoms with Crippen molar-refractivity contribution in [3.8, 4) is 0 Å². The molecule has 2 aromatic heterocycles. The molecular weight excluding hydrogens is 294 g/mol. The topological polar surface area (TPSA) is 46.8 Å². The van der Waals surface area contributed by atoms with E-state index in [0.29, 0.717) is 5.92 Å². The molecular formula is C16H23N5S. The van der Waals surface area contributed by atoms with Gasteiger partial charge in [0.25, 0.3) is 0 Å². The van der Waals surface area contributed by atoms with Gasteiger partial charge in [-0.15, -0.1) is 10.2 Å². The molecule has 1 unspecified atom stereocenters. The molecule has 1 aliphatic rings. The van der Waals surface area contributed by atoms with Gasteiger partial charge in [-0.25, -0.2) is 0 Å². The first-order valence-electron chi connectivity index (χ1n) is 7.90. The number of hydrogen-bond donors (Lipinski definition) is 0. The Bertz CT molecular complexity index is 598. The van der Waals surface area contributed by atoms with Crippen LogP contribution in [0.3, 0.4) is 0 Å². The third-order valence-electron chi connectivity index (χ3n) is 4.24. The summed E-state index contributed by atoms with van der Waals surface area (Å²) in [6.45, 7) is 6.29. The van der Waals surface area contributed by atoms with E-state index in [4.69, 9.17) is 0 Å². The van der Waals surface area contributed by atoms with Crippen molar-refractivity contribution in [2.45, 2.75) is 43.9 Å². The van der Waals surface area contributed by atoms with Gasteiger partial charge in [0, 0.05) is 37.9 Å². The lowest BCUT2D eigenvalue weighted by Crippen LogP contribution is -2.35. The Balaban J connectivity index is 1.72.